The SMILES string of the molecule is C[C@H]1CCN(c2nn(C)cc2NC(=O)c2coc(-c3ccnc(NCC(C)(F)F)c3)n2)C1=O. The van der Waals surface area contributed by atoms with Gasteiger partial charge < -0.3 is 15.1 Å². The quantitative estimate of drug-likeness (QED) is 0.557. The molecule has 10 nitrogen and oxygen atoms in total. The zero-order valence-electron chi connectivity index (χ0n) is 18.3. The smallest absolute Gasteiger partial charge is 0.277 e. The monoisotopic (exact) mass is 459 g/mol. The van der Waals surface area contributed by atoms with Crippen molar-refractivity contribution in [2.75, 3.05) is 28.6 Å². The van der Waals surface area contributed by atoms with Gasteiger partial charge >= 0.3 is 0 Å². The molecule has 33 heavy (non-hydrogen) atoms. The molecule has 0 unspecified atom stereocenters. The van der Waals surface area contributed by atoms with Crippen molar-refractivity contribution in [3.63, 3.8) is 0 Å². The molecule has 0 spiro atoms. The van der Waals surface area contributed by atoms with Gasteiger partial charge in [-0.1, -0.05) is 6.92 Å². The van der Waals surface area contributed by atoms with Crippen LogP contribution in [-0.2, 0) is 11.8 Å². The zero-order valence-corrected chi connectivity index (χ0v) is 18.3. The van der Waals surface area contributed by atoms with Gasteiger partial charge in [-0.2, -0.15) is 5.10 Å². The maximum absolute atomic E-state index is 13.1. The highest BCUT2D eigenvalue weighted by atomic mass is 19.3. The largest absolute Gasteiger partial charge is 0.444 e. The number of oxazole rings is 1. The van der Waals surface area contributed by atoms with Crippen molar-refractivity contribution in [2.45, 2.75) is 26.2 Å². The standard InChI is InChI=1S/C21H23F2N7O3/c1-12-5-7-30(20(12)32)17-14(9-29(3)28-17)26-18(31)15-10-33-19(27-15)13-4-6-24-16(8-13)25-11-21(2,22)23/h4,6,8-10,12H,5,7,11H2,1-3H3,(H,24,25)(H,26,31)/t12-/m0/s1. The molecule has 0 saturated carbocycles. The van der Waals surface area contributed by atoms with E-state index in [0.717, 1.165) is 6.92 Å². The van der Waals surface area contributed by atoms with Crippen molar-refractivity contribution in [3.8, 4) is 11.5 Å². The van der Waals surface area contributed by atoms with Crippen LogP contribution in [0.4, 0.5) is 26.1 Å². The normalized spacial score (nSPS) is 16.3. The maximum Gasteiger partial charge on any atom is 0.277 e. The molecule has 4 heterocycles. The molecule has 1 atom stereocenters. The van der Waals surface area contributed by atoms with Crippen LogP contribution in [0.2, 0.25) is 0 Å². The Morgan fingerprint density at radius 1 is 1.39 bits per heavy atom. The van der Waals surface area contributed by atoms with Gasteiger partial charge in [0.2, 0.25) is 11.8 Å². The molecule has 1 saturated heterocycles. The average Bonchev–Trinajstić information content (AvgIpc) is 3.46. The minimum Gasteiger partial charge on any atom is -0.444 e. The van der Waals surface area contributed by atoms with E-state index >= 15 is 0 Å². The minimum absolute atomic E-state index is 0.00679. The summed E-state index contributed by atoms with van der Waals surface area (Å²) in [5, 5.41) is 9.59. The van der Waals surface area contributed by atoms with Gasteiger partial charge in [0, 0.05) is 38.2 Å². The van der Waals surface area contributed by atoms with Gasteiger partial charge in [-0.15, -0.1) is 0 Å². The highest BCUT2D eigenvalue weighted by Gasteiger charge is 2.32. The molecule has 0 bridgehead atoms. The molecule has 4 rings (SSSR count). The second-order valence-corrected chi connectivity index (χ2v) is 8.07. The molecule has 1 aliphatic heterocycles. The lowest BCUT2D eigenvalue weighted by Crippen LogP contribution is -2.28. The minimum atomic E-state index is -2.89. The van der Waals surface area contributed by atoms with E-state index in [1.54, 1.807) is 24.2 Å². The van der Waals surface area contributed by atoms with Gasteiger partial charge in [-0.25, -0.2) is 18.7 Å². The van der Waals surface area contributed by atoms with Crippen LogP contribution in [0.5, 0.6) is 0 Å². The Labute approximate surface area is 188 Å². The summed E-state index contributed by atoms with van der Waals surface area (Å²) >= 11 is 0. The van der Waals surface area contributed by atoms with Gasteiger partial charge in [-0.3, -0.25) is 19.2 Å². The zero-order chi connectivity index (χ0) is 23.8. The third kappa shape index (κ3) is 4.99. The van der Waals surface area contributed by atoms with E-state index in [9.17, 15) is 18.4 Å². The van der Waals surface area contributed by atoms with Crippen LogP contribution in [0.3, 0.4) is 0 Å². The van der Waals surface area contributed by atoms with Crippen LogP contribution < -0.4 is 15.5 Å². The molecule has 3 aromatic rings. The van der Waals surface area contributed by atoms with Crippen molar-refractivity contribution in [1.29, 1.82) is 0 Å². The Balaban J connectivity index is 1.49. The third-order valence-electron chi connectivity index (χ3n) is 5.11. The number of alkyl halides is 2. The van der Waals surface area contributed by atoms with Crippen molar-refractivity contribution < 1.29 is 22.8 Å². The molecular weight excluding hydrogens is 436 g/mol. The number of hydrogen-bond donors (Lipinski definition) is 2. The molecular formula is C21H23F2N7O3. The highest BCUT2D eigenvalue weighted by Crippen LogP contribution is 2.30. The number of aromatic nitrogens is 4. The Bertz CT molecular complexity index is 1180. The number of nitrogens with one attached hydrogen (secondary N) is 2. The summed E-state index contributed by atoms with van der Waals surface area (Å²) in [6.07, 6.45) is 4.94. The van der Waals surface area contributed by atoms with E-state index in [2.05, 4.69) is 25.7 Å². The van der Waals surface area contributed by atoms with E-state index in [4.69, 9.17) is 4.42 Å². The summed E-state index contributed by atoms with van der Waals surface area (Å²) in [6, 6.07) is 3.08. The number of aryl methyl sites for hydroxylation is 1. The molecule has 2 amide bonds. The number of carbonyl (C=O) groups is 2. The number of carbonyl (C=O) groups excluding carboxylic acids is 2. The van der Waals surface area contributed by atoms with E-state index in [0.29, 0.717) is 30.0 Å². The van der Waals surface area contributed by atoms with Gasteiger partial charge in [0.25, 0.3) is 11.8 Å². The predicted molar refractivity (Wildman–Crippen MR) is 116 cm³/mol. The number of amides is 2. The van der Waals surface area contributed by atoms with Crippen LogP contribution in [-0.4, -0.2) is 50.6 Å². The Kier molecular flexibility index (Phi) is 5.83. The number of hydrogen-bond acceptors (Lipinski definition) is 7. The maximum atomic E-state index is 13.1. The van der Waals surface area contributed by atoms with Gasteiger partial charge in [0.05, 0.1) is 12.7 Å². The van der Waals surface area contributed by atoms with E-state index in [1.165, 1.54) is 23.2 Å². The third-order valence-corrected chi connectivity index (χ3v) is 5.11. The number of rotatable bonds is 7. The van der Waals surface area contributed by atoms with Crippen molar-refractivity contribution >= 4 is 29.1 Å². The first kappa shape index (κ1) is 22.4. The number of pyridine rings is 1. The Hall–Kier alpha value is -3.83. The van der Waals surface area contributed by atoms with Crippen LogP contribution in [0.25, 0.3) is 11.5 Å². The van der Waals surface area contributed by atoms with Crippen LogP contribution in [0, 0.1) is 5.92 Å². The second-order valence-electron chi connectivity index (χ2n) is 8.07. The second kappa shape index (κ2) is 8.60. The van der Waals surface area contributed by atoms with Crippen molar-refractivity contribution in [1.82, 2.24) is 19.7 Å². The fourth-order valence-electron chi connectivity index (χ4n) is 3.40. The van der Waals surface area contributed by atoms with Crippen molar-refractivity contribution in [2.24, 2.45) is 13.0 Å². The van der Waals surface area contributed by atoms with Gasteiger partial charge in [0.1, 0.15) is 17.8 Å². The van der Waals surface area contributed by atoms with Gasteiger partial charge in [0.15, 0.2) is 11.5 Å². The van der Waals surface area contributed by atoms with E-state index in [1.807, 2.05) is 6.92 Å². The molecule has 12 heteroatoms. The fraction of sp³-hybridized carbons (Fsp3) is 0.381. The van der Waals surface area contributed by atoms with E-state index in [-0.39, 0.29) is 29.2 Å². The highest BCUT2D eigenvalue weighted by molar-refractivity contribution is 6.06. The summed E-state index contributed by atoms with van der Waals surface area (Å²) in [4.78, 5) is 34.9. The molecule has 0 aliphatic carbocycles. The molecule has 3 aromatic heterocycles. The first-order chi connectivity index (χ1) is 15.6. The molecule has 2 N–H and O–H groups in total. The van der Waals surface area contributed by atoms with Gasteiger partial charge in [-0.05, 0) is 18.6 Å². The molecule has 1 aliphatic rings. The summed E-state index contributed by atoms with van der Waals surface area (Å²) < 4.78 is 33.1. The topological polar surface area (TPSA) is 118 Å². The molecule has 1 fully saturated rings. The fourth-order valence-corrected chi connectivity index (χ4v) is 3.40. The summed E-state index contributed by atoms with van der Waals surface area (Å²) in [5.41, 5.74) is 0.849. The number of halogens is 2. The summed E-state index contributed by atoms with van der Waals surface area (Å²) in [7, 11) is 1.70. The summed E-state index contributed by atoms with van der Waals surface area (Å²) in [6.45, 7) is 2.61. The molecule has 0 radical (unpaired) electrons. The Morgan fingerprint density at radius 3 is 2.88 bits per heavy atom. The number of anilines is 3. The first-order valence-corrected chi connectivity index (χ1v) is 10.3. The lowest BCUT2D eigenvalue weighted by molar-refractivity contribution is -0.119. The lowest BCUT2D eigenvalue weighted by atomic mass is 10.1. The lowest BCUT2D eigenvalue weighted by Gasteiger charge is -2.15. The van der Waals surface area contributed by atoms with E-state index < -0.39 is 18.4 Å². The van der Waals surface area contributed by atoms with Crippen molar-refractivity contribution in [3.05, 3.63) is 36.5 Å². The Morgan fingerprint density at radius 2 is 2.18 bits per heavy atom. The average molecular weight is 459 g/mol. The first-order valence-electron chi connectivity index (χ1n) is 10.3. The summed E-state index contributed by atoms with van der Waals surface area (Å²) in [5.74, 6) is -2.85. The van der Waals surface area contributed by atoms with Crippen LogP contribution in [0.15, 0.2) is 35.2 Å². The molecule has 0 aromatic carbocycles. The van der Waals surface area contributed by atoms with Crippen LogP contribution in [0.1, 0.15) is 30.8 Å². The molecule has 174 valence electrons. The predicted octanol–water partition coefficient (Wildman–Crippen LogP) is 3.16. The number of nitrogens with zero attached hydrogens (tertiary/aromatic N) is 5. The van der Waals surface area contributed by atoms with Crippen LogP contribution >= 0.6 is 0 Å².